The van der Waals surface area contributed by atoms with Gasteiger partial charge in [0, 0.05) is 25.5 Å². The Bertz CT molecular complexity index is 1260. The Morgan fingerprint density at radius 1 is 1.24 bits per heavy atom. The number of carbonyl (C=O) groups is 1. The molecule has 1 amide bonds. The first-order valence-corrected chi connectivity index (χ1v) is 11.4. The van der Waals surface area contributed by atoms with E-state index in [9.17, 15) is 4.79 Å². The standard InChI is InChI=1S/C24H24N4O3S.ClH/c1-16-12-17(2)22-18(13-16)26-24(32-22)28(10-5-9-27-11-8-25-15-27)23(29)21-14-30-19-6-3-4-7-20(19)31-21;/h3-4,6-8,11-13,15,21H,5,9-10,14H2,1-2H3;1H. The van der Waals surface area contributed by atoms with Crippen molar-refractivity contribution in [2.45, 2.75) is 32.9 Å². The van der Waals surface area contributed by atoms with Crippen molar-refractivity contribution >= 4 is 45.0 Å². The number of aromatic nitrogens is 3. The molecule has 0 saturated carbocycles. The number of imidazole rings is 1. The van der Waals surface area contributed by atoms with Crippen LogP contribution in [0, 0.1) is 13.8 Å². The van der Waals surface area contributed by atoms with Crippen LogP contribution in [-0.4, -0.2) is 39.7 Å². The van der Waals surface area contributed by atoms with Gasteiger partial charge < -0.3 is 14.0 Å². The molecule has 0 spiro atoms. The van der Waals surface area contributed by atoms with Crippen molar-refractivity contribution < 1.29 is 14.3 Å². The van der Waals surface area contributed by atoms with Crippen LogP contribution in [0.1, 0.15) is 17.5 Å². The van der Waals surface area contributed by atoms with E-state index in [2.05, 4.69) is 31.0 Å². The fraction of sp³-hybridized carbons (Fsp3) is 0.292. The van der Waals surface area contributed by atoms with E-state index >= 15 is 0 Å². The third-order valence-corrected chi connectivity index (χ3v) is 6.68. The van der Waals surface area contributed by atoms with E-state index in [1.165, 1.54) is 5.56 Å². The second-order valence-electron chi connectivity index (χ2n) is 7.93. The van der Waals surface area contributed by atoms with E-state index in [0.717, 1.165) is 28.7 Å². The average molecular weight is 485 g/mol. The van der Waals surface area contributed by atoms with Gasteiger partial charge in [-0.05, 0) is 49.6 Å². The van der Waals surface area contributed by atoms with Gasteiger partial charge in [0.1, 0.15) is 6.61 Å². The van der Waals surface area contributed by atoms with Crippen molar-refractivity contribution in [3.63, 3.8) is 0 Å². The van der Waals surface area contributed by atoms with Gasteiger partial charge >= 0.3 is 0 Å². The molecule has 5 rings (SSSR count). The maximum absolute atomic E-state index is 13.6. The van der Waals surface area contributed by atoms with E-state index in [1.807, 2.05) is 35.0 Å². The Labute approximate surface area is 202 Å². The number of nitrogens with zero attached hydrogens (tertiary/aromatic N) is 4. The molecule has 33 heavy (non-hydrogen) atoms. The van der Waals surface area contributed by atoms with Crippen molar-refractivity contribution in [1.29, 1.82) is 0 Å². The van der Waals surface area contributed by atoms with Crippen LogP contribution in [0.2, 0.25) is 0 Å². The lowest BCUT2D eigenvalue weighted by Crippen LogP contribution is -2.47. The molecule has 0 saturated heterocycles. The van der Waals surface area contributed by atoms with Gasteiger partial charge in [0.05, 0.1) is 16.5 Å². The van der Waals surface area contributed by atoms with Crippen LogP contribution in [0.25, 0.3) is 10.2 Å². The minimum Gasteiger partial charge on any atom is -0.485 e. The van der Waals surface area contributed by atoms with Crippen LogP contribution in [0.15, 0.2) is 55.1 Å². The molecule has 0 fully saturated rings. The number of aryl methyl sites for hydroxylation is 3. The van der Waals surface area contributed by atoms with Crippen molar-refractivity contribution in [2.75, 3.05) is 18.1 Å². The maximum Gasteiger partial charge on any atom is 0.273 e. The Balaban J connectivity index is 0.00000259. The molecule has 0 bridgehead atoms. The number of benzene rings is 2. The Kier molecular flexibility index (Phi) is 6.85. The van der Waals surface area contributed by atoms with Crippen LogP contribution in [0.4, 0.5) is 5.13 Å². The highest BCUT2D eigenvalue weighted by atomic mass is 35.5. The van der Waals surface area contributed by atoms with Gasteiger partial charge in [-0.3, -0.25) is 9.69 Å². The second-order valence-corrected chi connectivity index (χ2v) is 8.91. The highest BCUT2D eigenvalue weighted by Gasteiger charge is 2.33. The number of anilines is 1. The summed E-state index contributed by atoms with van der Waals surface area (Å²) in [5.41, 5.74) is 3.24. The van der Waals surface area contributed by atoms with E-state index in [0.29, 0.717) is 23.2 Å². The summed E-state index contributed by atoms with van der Waals surface area (Å²) in [5.74, 6) is 1.11. The largest absolute Gasteiger partial charge is 0.485 e. The molecular weight excluding hydrogens is 460 g/mol. The first-order chi connectivity index (χ1) is 15.6. The molecule has 1 aliphatic heterocycles. The van der Waals surface area contributed by atoms with Crippen molar-refractivity contribution in [1.82, 2.24) is 14.5 Å². The number of hydrogen-bond acceptors (Lipinski definition) is 6. The van der Waals surface area contributed by atoms with Crippen LogP contribution in [0.3, 0.4) is 0 Å². The number of para-hydroxylation sites is 2. The zero-order valence-electron chi connectivity index (χ0n) is 18.4. The quantitative estimate of drug-likeness (QED) is 0.393. The molecule has 0 N–H and O–H groups in total. The third kappa shape index (κ3) is 4.82. The highest BCUT2D eigenvalue weighted by molar-refractivity contribution is 7.22. The average Bonchev–Trinajstić information content (AvgIpc) is 3.46. The highest BCUT2D eigenvalue weighted by Crippen LogP contribution is 2.35. The number of thiazole rings is 1. The van der Waals surface area contributed by atoms with Crippen molar-refractivity contribution in [3.05, 3.63) is 66.2 Å². The number of halogens is 1. The lowest BCUT2D eigenvalue weighted by Gasteiger charge is -2.29. The lowest BCUT2D eigenvalue weighted by atomic mass is 10.1. The van der Waals surface area contributed by atoms with E-state index in [-0.39, 0.29) is 24.9 Å². The van der Waals surface area contributed by atoms with E-state index < -0.39 is 6.10 Å². The number of hydrogen-bond donors (Lipinski definition) is 0. The molecule has 3 heterocycles. The summed E-state index contributed by atoms with van der Waals surface area (Å²) in [7, 11) is 0. The molecule has 4 aromatic rings. The Morgan fingerprint density at radius 3 is 2.85 bits per heavy atom. The fourth-order valence-corrected chi connectivity index (χ4v) is 4.97. The van der Waals surface area contributed by atoms with E-state index in [1.54, 1.807) is 28.8 Å². The summed E-state index contributed by atoms with van der Waals surface area (Å²) >= 11 is 1.55. The third-order valence-electron chi connectivity index (χ3n) is 5.45. The first kappa shape index (κ1) is 23.1. The first-order valence-electron chi connectivity index (χ1n) is 10.6. The number of ether oxygens (including phenoxy) is 2. The van der Waals surface area contributed by atoms with Crippen LogP contribution in [0.5, 0.6) is 11.5 Å². The molecular formula is C24H25ClN4O3S. The van der Waals surface area contributed by atoms with Gasteiger partial charge in [-0.1, -0.05) is 29.5 Å². The molecule has 7 nitrogen and oxygen atoms in total. The summed E-state index contributed by atoms with van der Waals surface area (Å²) in [5, 5.41) is 0.687. The minimum atomic E-state index is -0.715. The molecule has 2 aromatic carbocycles. The zero-order valence-corrected chi connectivity index (χ0v) is 20.1. The van der Waals surface area contributed by atoms with Gasteiger partial charge in [-0.2, -0.15) is 0 Å². The van der Waals surface area contributed by atoms with Gasteiger partial charge in [0.25, 0.3) is 5.91 Å². The zero-order chi connectivity index (χ0) is 22.1. The van der Waals surface area contributed by atoms with Crippen molar-refractivity contribution in [3.8, 4) is 11.5 Å². The monoisotopic (exact) mass is 484 g/mol. The Hall–Kier alpha value is -3.10. The fourth-order valence-electron chi connectivity index (χ4n) is 3.93. The molecule has 1 aliphatic rings. The lowest BCUT2D eigenvalue weighted by molar-refractivity contribution is -0.127. The molecule has 172 valence electrons. The smallest absolute Gasteiger partial charge is 0.273 e. The van der Waals surface area contributed by atoms with Gasteiger partial charge in [-0.15, -0.1) is 12.4 Å². The summed E-state index contributed by atoms with van der Waals surface area (Å²) in [6.07, 6.45) is 5.51. The normalized spacial score (nSPS) is 14.7. The van der Waals surface area contributed by atoms with Crippen molar-refractivity contribution in [2.24, 2.45) is 0 Å². The predicted octanol–water partition coefficient (Wildman–Crippen LogP) is 4.79. The second kappa shape index (κ2) is 9.80. The topological polar surface area (TPSA) is 69.5 Å². The van der Waals surface area contributed by atoms with E-state index in [4.69, 9.17) is 14.5 Å². The summed E-state index contributed by atoms with van der Waals surface area (Å²) in [6.45, 7) is 5.60. The summed E-state index contributed by atoms with van der Waals surface area (Å²) in [4.78, 5) is 24.3. The number of amides is 1. The Morgan fingerprint density at radius 2 is 2.06 bits per heavy atom. The number of rotatable bonds is 6. The molecule has 1 unspecified atom stereocenters. The van der Waals surface area contributed by atoms with Gasteiger partial charge in [-0.25, -0.2) is 9.97 Å². The van der Waals surface area contributed by atoms with Crippen LogP contribution in [-0.2, 0) is 11.3 Å². The van der Waals surface area contributed by atoms with Gasteiger partial charge in [0.2, 0.25) is 6.10 Å². The molecule has 9 heteroatoms. The van der Waals surface area contributed by atoms with Crippen LogP contribution < -0.4 is 14.4 Å². The molecule has 0 radical (unpaired) electrons. The predicted molar refractivity (Wildman–Crippen MR) is 132 cm³/mol. The number of fused-ring (bicyclic) bond motifs is 2. The maximum atomic E-state index is 13.6. The van der Waals surface area contributed by atoms with Gasteiger partial charge in [0.15, 0.2) is 16.6 Å². The SMILES string of the molecule is Cc1cc(C)c2sc(N(CCCn3ccnc3)C(=O)C3COc4ccccc4O3)nc2c1.Cl. The summed E-state index contributed by atoms with van der Waals surface area (Å²) < 4.78 is 14.9. The minimum absolute atomic E-state index is 0. The molecule has 1 atom stereocenters. The van der Waals surface area contributed by atoms with Crippen LogP contribution >= 0.6 is 23.7 Å². The number of carbonyl (C=O) groups excluding carboxylic acids is 1. The summed E-state index contributed by atoms with van der Waals surface area (Å²) in [6, 6.07) is 11.6. The molecule has 0 aliphatic carbocycles. The molecule has 2 aromatic heterocycles.